The fraction of sp³-hybridized carbons (Fsp3) is 0.534. The van der Waals surface area contributed by atoms with Crippen molar-refractivity contribution in [1.29, 1.82) is 0 Å². The highest BCUT2D eigenvalue weighted by atomic mass is 28.4. The molecule has 0 aromatic heterocycles. The molecule has 0 fully saturated rings. The first-order chi connectivity index (χ1) is 34.6. The molecule has 4 aliphatic rings. The Morgan fingerprint density at radius 1 is 0.730 bits per heavy atom. The van der Waals surface area contributed by atoms with Crippen molar-refractivity contribution in [3.05, 3.63) is 132 Å². The van der Waals surface area contributed by atoms with Gasteiger partial charge in [-0.3, -0.25) is 0 Å². The number of hydrogen-bond acceptors (Lipinski definition) is 14. The van der Waals surface area contributed by atoms with Crippen LogP contribution in [-0.2, 0) is 42.1 Å². The summed E-state index contributed by atoms with van der Waals surface area (Å²) in [4.78, 5) is 38.2. The molecular weight excluding hydrogens is 971 g/mol. The summed E-state index contributed by atoms with van der Waals surface area (Å²) in [5, 5.41) is 20.9. The molecule has 0 saturated carbocycles. The van der Waals surface area contributed by atoms with Crippen molar-refractivity contribution in [2.45, 2.75) is 178 Å². The van der Waals surface area contributed by atoms with Gasteiger partial charge in [0.2, 0.25) is 23.2 Å². The Hall–Kier alpha value is -5.08. The van der Waals surface area contributed by atoms with Crippen molar-refractivity contribution < 1.29 is 52.3 Å². The van der Waals surface area contributed by atoms with Gasteiger partial charge in [-0.25, -0.2) is 19.8 Å². The molecule has 2 N–H and O–H groups in total. The van der Waals surface area contributed by atoms with E-state index in [0.29, 0.717) is 24.1 Å². The average molecular weight is 1060 g/mol. The van der Waals surface area contributed by atoms with Gasteiger partial charge in [-0.1, -0.05) is 121 Å². The maximum atomic E-state index is 12.2. The zero-order valence-corrected chi connectivity index (χ0v) is 49.0. The van der Waals surface area contributed by atoms with Crippen LogP contribution in [0.2, 0.25) is 36.3 Å². The Kier molecular flexibility index (Phi) is 20.9. The molecule has 0 amide bonds. The monoisotopic (exact) mass is 1060 g/mol. The molecule has 7 rings (SSSR count). The van der Waals surface area contributed by atoms with Crippen LogP contribution in [-0.4, -0.2) is 137 Å². The maximum absolute atomic E-state index is 12.2. The molecule has 3 aromatic carbocycles. The Balaban J connectivity index is 0.000000233. The van der Waals surface area contributed by atoms with E-state index in [9.17, 15) is 19.8 Å². The summed E-state index contributed by atoms with van der Waals surface area (Å²) in [7, 11) is -1.25. The van der Waals surface area contributed by atoms with E-state index in [2.05, 4.69) is 84.0 Å². The number of hydrogen-bond donors (Lipinski definition) is 2. The Labute approximate surface area is 443 Å². The molecule has 16 heteroatoms. The first kappa shape index (κ1) is 61.5. The summed E-state index contributed by atoms with van der Waals surface area (Å²) in [5.41, 5.74) is -0.368. The first-order valence-electron chi connectivity index (χ1n) is 25.6. The zero-order valence-electron chi connectivity index (χ0n) is 47.0. The van der Waals surface area contributed by atoms with Gasteiger partial charge in [0.25, 0.3) is 0 Å². The smallest absolute Gasteiger partial charge is 0.340 e. The molecular formula is C58H85N3O11Si2. The first-order valence-corrected chi connectivity index (χ1v) is 31.5. The van der Waals surface area contributed by atoms with Crippen LogP contribution in [0.25, 0.3) is 0 Å². The van der Waals surface area contributed by atoms with Crippen LogP contribution in [0.3, 0.4) is 0 Å². The molecule has 14 nitrogen and oxygen atoms in total. The van der Waals surface area contributed by atoms with E-state index in [1.54, 1.807) is 33.1 Å². The number of methoxy groups -OCH3 is 2. The number of carbonyl (C=O) groups is 2. The van der Waals surface area contributed by atoms with E-state index in [1.165, 1.54) is 7.11 Å². The van der Waals surface area contributed by atoms with E-state index in [-0.39, 0.29) is 22.3 Å². The number of aldehydes is 1. The number of rotatable bonds is 14. The lowest BCUT2D eigenvalue weighted by molar-refractivity contribution is -0.155. The third-order valence-electron chi connectivity index (χ3n) is 15.1. The van der Waals surface area contributed by atoms with E-state index in [1.807, 2.05) is 118 Å². The highest BCUT2D eigenvalue weighted by molar-refractivity contribution is 6.74. The van der Waals surface area contributed by atoms with Crippen LogP contribution in [0, 0.1) is 0 Å². The van der Waals surface area contributed by atoms with Gasteiger partial charge >= 0.3 is 5.97 Å². The fourth-order valence-electron chi connectivity index (χ4n) is 8.16. The molecule has 3 aliphatic heterocycles. The summed E-state index contributed by atoms with van der Waals surface area (Å²) in [6.07, 6.45) is 2.84. The third-order valence-corrected chi connectivity index (χ3v) is 24.0. The van der Waals surface area contributed by atoms with Crippen LogP contribution >= 0.6 is 0 Å². The number of aliphatic hydroxyl groups is 2. The quantitative estimate of drug-likeness (QED) is 0.0680. The highest BCUT2D eigenvalue weighted by Gasteiger charge is 2.58. The van der Waals surface area contributed by atoms with Crippen molar-refractivity contribution in [2.75, 3.05) is 20.8 Å². The molecule has 74 heavy (non-hydrogen) atoms. The minimum atomic E-state index is -2.15. The Bertz CT molecular complexity index is 2440. The van der Waals surface area contributed by atoms with Crippen molar-refractivity contribution in [3.63, 3.8) is 0 Å². The molecule has 0 radical (unpaired) electrons. The number of nitrogens with zero attached hydrogens (tertiary/aromatic N) is 3. The van der Waals surface area contributed by atoms with Crippen molar-refractivity contribution >= 4 is 46.6 Å². The largest absolute Gasteiger partial charge is 0.471 e. The second-order valence-electron chi connectivity index (χ2n) is 22.0. The standard InChI is InChI=1S/2C20H29NO3Si.C15H19NO4.C3H8O/c1-14-20(21-18(23-14)15-10-8-7-9-11-15)13-12-16(22)17(20)24-25(5,6)19(2,3)4;1-8-20(17(14-22)24-25(6,7)19(3,4)5)15(2)23-18(21-20)16-12-10-9-11-13-16;1-4-12(17)15(14(18)19-3)10(2)20-13(16-15)11-8-6-5-7-9-11;1-3-4-2/h7-14,16-17,22H,1-6H3;8-15,17H,1H2,2-7H3;5-10,12,17H,4H2,1-3H3;3H2,1-2H3/t14?,16?,17?,20-;15?,17?,20-;10?,12?,15-;/m111./s1. The Morgan fingerprint density at radius 2 is 1.16 bits per heavy atom. The average Bonchev–Trinajstić information content (AvgIpc) is 4.12. The lowest BCUT2D eigenvalue weighted by Gasteiger charge is -2.43. The predicted molar refractivity (Wildman–Crippen MR) is 300 cm³/mol. The number of aliphatic imine (C=N–C) groups is 3. The van der Waals surface area contributed by atoms with Crippen LogP contribution in [0.15, 0.2) is 131 Å². The number of esters is 1. The zero-order chi connectivity index (χ0) is 55.5. The van der Waals surface area contributed by atoms with Gasteiger partial charge in [0.15, 0.2) is 28.5 Å². The van der Waals surface area contributed by atoms with Crippen LogP contribution in [0.4, 0.5) is 0 Å². The third kappa shape index (κ3) is 13.3. The number of benzene rings is 3. The van der Waals surface area contributed by atoms with Crippen molar-refractivity contribution in [3.8, 4) is 0 Å². The van der Waals surface area contributed by atoms with E-state index >= 15 is 0 Å². The number of ether oxygens (including phenoxy) is 5. The summed E-state index contributed by atoms with van der Waals surface area (Å²) >= 11 is 0. The molecule has 7 unspecified atom stereocenters. The predicted octanol–water partition coefficient (Wildman–Crippen LogP) is 10.5. The maximum Gasteiger partial charge on any atom is 0.340 e. The van der Waals surface area contributed by atoms with E-state index in [0.717, 1.165) is 29.6 Å². The normalized spacial score (nSPS) is 26.9. The van der Waals surface area contributed by atoms with Gasteiger partial charge in [-0.05, 0) is 107 Å². The molecule has 1 aliphatic carbocycles. The number of aliphatic hydroxyl groups excluding tert-OH is 2. The van der Waals surface area contributed by atoms with Gasteiger partial charge in [-0.15, -0.1) is 6.58 Å². The second kappa shape index (κ2) is 25.2. The molecule has 0 bridgehead atoms. The second-order valence-corrected chi connectivity index (χ2v) is 31.5. The van der Waals surface area contributed by atoms with Gasteiger partial charge < -0.3 is 47.5 Å². The SMILES string of the molecule is C=C[C@@]1(C(C=O)O[Si](C)(C)C(C)(C)C)N=C(c2ccccc2)OC1C.CC1OC(c2ccccc2)=N[C@]12C=CC(O)C2O[Si](C)(C)C(C)(C)C.CCC(O)[C@]1(C(=O)OC)N=C(c2ccccc2)OC1C.CCOC. The molecule has 3 aromatic rings. The summed E-state index contributed by atoms with van der Waals surface area (Å²) in [5.74, 6) is 0.927. The summed E-state index contributed by atoms with van der Waals surface area (Å²) in [6, 6.07) is 28.9. The van der Waals surface area contributed by atoms with Gasteiger partial charge in [0, 0.05) is 30.4 Å². The molecule has 10 atom stereocenters. The topological polar surface area (TPSA) is 176 Å². The van der Waals surface area contributed by atoms with E-state index < -0.39 is 69.7 Å². The molecule has 406 valence electrons. The van der Waals surface area contributed by atoms with Crippen LogP contribution in [0.1, 0.15) is 99.3 Å². The minimum absolute atomic E-state index is 0.00864. The lowest BCUT2D eigenvalue weighted by Crippen LogP contribution is -2.55. The lowest BCUT2D eigenvalue weighted by atomic mass is 9.86. The van der Waals surface area contributed by atoms with Crippen LogP contribution < -0.4 is 0 Å². The molecule has 0 saturated heterocycles. The minimum Gasteiger partial charge on any atom is -0.471 e. The van der Waals surface area contributed by atoms with Gasteiger partial charge in [0.05, 0.1) is 19.3 Å². The van der Waals surface area contributed by atoms with Crippen LogP contribution in [0.5, 0.6) is 0 Å². The fourth-order valence-corrected chi connectivity index (χ4v) is 10.7. The summed E-state index contributed by atoms with van der Waals surface area (Å²) in [6.45, 7) is 35.9. The van der Waals surface area contributed by atoms with Crippen molar-refractivity contribution in [1.82, 2.24) is 0 Å². The highest BCUT2D eigenvalue weighted by Crippen LogP contribution is 2.46. The Morgan fingerprint density at radius 3 is 1.57 bits per heavy atom. The van der Waals surface area contributed by atoms with E-state index in [4.69, 9.17) is 37.8 Å². The van der Waals surface area contributed by atoms with Crippen molar-refractivity contribution in [2.24, 2.45) is 15.0 Å². The van der Waals surface area contributed by atoms with Gasteiger partial charge in [-0.2, -0.15) is 0 Å². The molecule has 1 spiro atoms. The number of carbonyl (C=O) groups excluding carboxylic acids is 2. The molecule has 3 heterocycles. The summed E-state index contributed by atoms with van der Waals surface area (Å²) < 4.78 is 40.2. The van der Waals surface area contributed by atoms with Gasteiger partial charge in [0.1, 0.15) is 36.1 Å².